The van der Waals surface area contributed by atoms with Gasteiger partial charge in [0.25, 0.3) is 0 Å². The monoisotopic (exact) mass is 331 g/mol. The molecule has 0 amide bonds. The Morgan fingerprint density at radius 2 is 2.29 bits per heavy atom. The second-order valence-electron chi connectivity index (χ2n) is 6.55. The number of aromatic amines is 1. The van der Waals surface area contributed by atoms with Gasteiger partial charge >= 0.3 is 0 Å². The van der Waals surface area contributed by atoms with E-state index in [4.69, 9.17) is 0 Å². The Hall–Kier alpha value is -2.08. The summed E-state index contributed by atoms with van der Waals surface area (Å²) in [6.45, 7) is 4.02. The average molecular weight is 331 g/mol. The molecule has 5 nitrogen and oxygen atoms in total. The zero-order valence-electron chi connectivity index (χ0n) is 14.4. The van der Waals surface area contributed by atoms with Gasteiger partial charge in [-0.1, -0.05) is 0 Å². The van der Waals surface area contributed by atoms with Gasteiger partial charge in [-0.2, -0.15) is 0 Å². The molecule has 3 N–H and O–H groups in total. The number of hydrogen-bond acceptors (Lipinski definition) is 2. The number of benzene rings is 1. The summed E-state index contributed by atoms with van der Waals surface area (Å²) in [4.78, 5) is 9.83. The second-order valence-corrected chi connectivity index (χ2v) is 6.55. The number of likely N-dealkylation sites (tertiary alicyclic amines) is 1. The highest BCUT2D eigenvalue weighted by atomic mass is 19.1. The lowest BCUT2D eigenvalue weighted by molar-refractivity contribution is 0.394. The van der Waals surface area contributed by atoms with Crippen LogP contribution in [0.15, 0.2) is 29.4 Å². The van der Waals surface area contributed by atoms with E-state index >= 15 is 0 Å². The number of nitrogens with one attached hydrogen (secondary N) is 3. The van der Waals surface area contributed by atoms with Crippen molar-refractivity contribution in [3.8, 4) is 0 Å². The number of fused-ring (bicyclic) bond motifs is 1. The van der Waals surface area contributed by atoms with Crippen LogP contribution in [-0.4, -0.2) is 56.1 Å². The molecular weight excluding hydrogens is 305 g/mol. The van der Waals surface area contributed by atoms with Gasteiger partial charge in [0.05, 0.1) is 0 Å². The lowest BCUT2D eigenvalue weighted by atomic mass is 10.1. The van der Waals surface area contributed by atoms with Gasteiger partial charge in [0.15, 0.2) is 5.96 Å². The molecule has 1 unspecified atom stereocenters. The summed E-state index contributed by atoms with van der Waals surface area (Å²) in [6.07, 6.45) is 4.01. The maximum absolute atomic E-state index is 13.4. The summed E-state index contributed by atoms with van der Waals surface area (Å²) < 4.78 is 13.4. The van der Waals surface area contributed by atoms with Gasteiger partial charge in [0.1, 0.15) is 5.82 Å². The zero-order valence-corrected chi connectivity index (χ0v) is 14.4. The molecule has 24 heavy (non-hydrogen) atoms. The first kappa shape index (κ1) is 16.8. The Labute approximate surface area is 142 Å². The van der Waals surface area contributed by atoms with Crippen LogP contribution in [0, 0.1) is 11.7 Å². The van der Waals surface area contributed by atoms with Gasteiger partial charge < -0.3 is 20.5 Å². The van der Waals surface area contributed by atoms with Gasteiger partial charge in [-0.05, 0) is 56.1 Å². The molecule has 2 heterocycles. The molecule has 2 aromatic rings. The molecule has 1 aliphatic rings. The largest absolute Gasteiger partial charge is 0.361 e. The van der Waals surface area contributed by atoms with E-state index in [-0.39, 0.29) is 5.82 Å². The standard InChI is InChI=1S/C18H26FN5/c1-20-18(23-10-13-6-8-24(2)12-13)21-7-5-14-11-22-17-4-3-15(19)9-16(14)17/h3-4,9,11,13,22H,5-8,10,12H2,1-2H3,(H2,20,21,23). The fourth-order valence-corrected chi connectivity index (χ4v) is 3.33. The van der Waals surface area contributed by atoms with Crippen molar-refractivity contribution in [3.63, 3.8) is 0 Å². The molecule has 0 bridgehead atoms. The Morgan fingerprint density at radius 1 is 1.42 bits per heavy atom. The van der Waals surface area contributed by atoms with E-state index in [0.717, 1.165) is 48.5 Å². The third kappa shape index (κ3) is 4.06. The first-order valence-electron chi connectivity index (χ1n) is 8.54. The molecule has 1 atom stereocenters. The maximum Gasteiger partial charge on any atom is 0.190 e. The number of aliphatic imine (C=N–C) groups is 1. The van der Waals surface area contributed by atoms with Crippen molar-refractivity contribution in [3.05, 3.63) is 35.8 Å². The molecule has 6 heteroatoms. The summed E-state index contributed by atoms with van der Waals surface area (Å²) in [5.74, 6) is 1.32. The second kappa shape index (κ2) is 7.66. The van der Waals surface area contributed by atoms with Crippen LogP contribution < -0.4 is 10.6 Å². The van der Waals surface area contributed by atoms with Crippen molar-refractivity contribution >= 4 is 16.9 Å². The highest BCUT2D eigenvalue weighted by Gasteiger charge is 2.19. The molecule has 0 aliphatic carbocycles. The third-order valence-electron chi connectivity index (χ3n) is 4.69. The molecule has 0 radical (unpaired) electrons. The number of rotatable bonds is 5. The molecule has 1 saturated heterocycles. The first-order valence-corrected chi connectivity index (χ1v) is 8.54. The van der Waals surface area contributed by atoms with E-state index in [9.17, 15) is 4.39 Å². The van der Waals surface area contributed by atoms with Crippen LogP contribution in [-0.2, 0) is 6.42 Å². The highest BCUT2D eigenvalue weighted by molar-refractivity contribution is 5.83. The summed E-state index contributed by atoms with van der Waals surface area (Å²) >= 11 is 0. The van der Waals surface area contributed by atoms with E-state index in [1.165, 1.54) is 19.0 Å². The lowest BCUT2D eigenvalue weighted by Crippen LogP contribution is -2.40. The van der Waals surface area contributed by atoms with Gasteiger partial charge in [-0.3, -0.25) is 4.99 Å². The van der Waals surface area contributed by atoms with Gasteiger partial charge in [-0.15, -0.1) is 0 Å². The van der Waals surface area contributed by atoms with E-state index in [1.54, 1.807) is 19.2 Å². The van der Waals surface area contributed by atoms with Crippen LogP contribution in [0.5, 0.6) is 0 Å². The highest BCUT2D eigenvalue weighted by Crippen LogP contribution is 2.19. The van der Waals surface area contributed by atoms with E-state index in [2.05, 4.69) is 32.6 Å². The van der Waals surface area contributed by atoms with Crippen molar-refractivity contribution < 1.29 is 4.39 Å². The average Bonchev–Trinajstić information content (AvgIpc) is 3.17. The van der Waals surface area contributed by atoms with Crippen LogP contribution in [0.3, 0.4) is 0 Å². The Bertz CT molecular complexity index is 708. The minimum atomic E-state index is -0.199. The van der Waals surface area contributed by atoms with Crippen LogP contribution >= 0.6 is 0 Å². The number of halogens is 1. The molecular formula is C18H26FN5. The van der Waals surface area contributed by atoms with E-state index in [1.807, 2.05) is 6.20 Å². The summed E-state index contributed by atoms with van der Waals surface area (Å²) in [5.41, 5.74) is 2.09. The first-order chi connectivity index (χ1) is 11.7. The molecule has 1 aromatic carbocycles. The summed E-state index contributed by atoms with van der Waals surface area (Å²) in [6, 6.07) is 4.85. The van der Waals surface area contributed by atoms with E-state index < -0.39 is 0 Å². The van der Waals surface area contributed by atoms with Crippen LogP contribution in [0.2, 0.25) is 0 Å². The SMILES string of the molecule is CN=C(NCCc1c[nH]c2ccc(F)cc12)NCC1CCN(C)C1. The molecule has 0 spiro atoms. The normalized spacial score (nSPS) is 19.1. The number of hydrogen-bond donors (Lipinski definition) is 3. The summed E-state index contributed by atoms with van der Waals surface area (Å²) in [5, 5.41) is 7.70. The third-order valence-corrected chi connectivity index (χ3v) is 4.69. The number of guanidine groups is 1. The molecule has 1 aliphatic heterocycles. The number of aromatic nitrogens is 1. The minimum absolute atomic E-state index is 0.199. The molecule has 1 aromatic heterocycles. The lowest BCUT2D eigenvalue weighted by Gasteiger charge is -2.15. The van der Waals surface area contributed by atoms with Gasteiger partial charge in [0.2, 0.25) is 0 Å². The van der Waals surface area contributed by atoms with Gasteiger partial charge in [-0.25, -0.2) is 4.39 Å². The van der Waals surface area contributed by atoms with Crippen LogP contribution in [0.1, 0.15) is 12.0 Å². The minimum Gasteiger partial charge on any atom is -0.361 e. The Balaban J connectivity index is 1.48. The molecule has 130 valence electrons. The number of nitrogens with zero attached hydrogens (tertiary/aromatic N) is 2. The van der Waals surface area contributed by atoms with Gasteiger partial charge in [0, 0.05) is 43.8 Å². The molecule has 1 fully saturated rings. The van der Waals surface area contributed by atoms with Crippen LogP contribution in [0.4, 0.5) is 4.39 Å². The zero-order chi connectivity index (χ0) is 16.9. The van der Waals surface area contributed by atoms with Crippen molar-refractivity contribution in [2.45, 2.75) is 12.8 Å². The fraction of sp³-hybridized carbons (Fsp3) is 0.500. The Kier molecular flexibility index (Phi) is 5.35. The topological polar surface area (TPSA) is 55.5 Å². The van der Waals surface area contributed by atoms with E-state index in [0.29, 0.717) is 5.92 Å². The predicted molar refractivity (Wildman–Crippen MR) is 96.9 cm³/mol. The maximum atomic E-state index is 13.4. The van der Waals surface area contributed by atoms with Crippen molar-refractivity contribution in [1.29, 1.82) is 0 Å². The summed E-state index contributed by atoms with van der Waals surface area (Å²) in [7, 11) is 3.95. The molecule has 0 saturated carbocycles. The fourth-order valence-electron chi connectivity index (χ4n) is 3.33. The van der Waals surface area contributed by atoms with Crippen LogP contribution in [0.25, 0.3) is 10.9 Å². The van der Waals surface area contributed by atoms with Crippen molar-refractivity contribution in [1.82, 2.24) is 20.5 Å². The smallest absolute Gasteiger partial charge is 0.190 e. The Morgan fingerprint density at radius 3 is 3.04 bits per heavy atom. The number of H-pyrrole nitrogens is 1. The quantitative estimate of drug-likeness (QED) is 0.580. The van der Waals surface area contributed by atoms with Crippen molar-refractivity contribution in [2.75, 3.05) is 40.3 Å². The van der Waals surface area contributed by atoms with Crippen molar-refractivity contribution in [2.24, 2.45) is 10.9 Å². The predicted octanol–water partition coefficient (Wildman–Crippen LogP) is 1.97. The molecule has 3 rings (SSSR count).